The van der Waals surface area contributed by atoms with Crippen molar-refractivity contribution >= 4 is 43.7 Å². The van der Waals surface area contributed by atoms with Crippen molar-refractivity contribution in [2.24, 2.45) is 0 Å². The van der Waals surface area contributed by atoms with Gasteiger partial charge in [0.1, 0.15) is 11.2 Å². The van der Waals surface area contributed by atoms with Gasteiger partial charge in [-0.3, -0.25) is 0 Å². The number of fused-ring (bicyclic) bond motifs is 6. The van der Waals surface area contributed by atoms with E-state index < -0.39 is 0 Å². The zero-order valence-corrected chi connectivity index (χ0v) is 34.5. The average molecular weight is 798 g/mol. The Balaban J connectivity index is 1.22. The molecule has 0 saturated carbocycles. The quantitative estimate of drug-likeness (QED) is 0.167. The van der Waals surface area contributed by atoms with Gasteiger partial charge in [0.05, 0.1) is 28.4 Å². The van der Waals surface area contributed by atoms with Gasteiger partial charge < -0.3 is 8.98 Å². The van der Waals surface area contributed by atoms with E-state index in [1.165, 1.54) is 5.56 Å². The first-order chi connectivity index (χ1) is 30.3. The Bertz CT molecular complexity index is 3490. The minimum Gasteiger partial charge on any atom is -0.456 e. The smallest absolute Gasteiger partial charge is 0.164 e. The Hall–Kier alpha value is -8.14. The molecule has 0 saturated heterocycles. The lowest BCUT2D eigenvalue weighted by atomic mass is 9.86. The van der Waals surface area contributed by atoms with Crippen molar-refractivity contribution in [3.05, 3.63) is 193 Å². The van der Waals surface area contributed by atoms with Crippen LogP contribution in [0.4, 0.5) is 0 Å². The molecule has 0 unspecified atom stereocenters. The van der Waals surface area contributed by atoms with Crippen LogP contribution in [0.1, 0.15) is 31.9 Å². The van der Waals surface area contributed by atoms with Crippen molar-refractivity contribution in [3.63, 3.8) is 0 Å². The second-order valence-corrected chi connectivity index (χ2v) is 16.8. The van der Waals surface area contributed by atoms with Crippen molar-refractivity contribution < 1.29 is 4.42 Å². The molecule has 0 aliphatic rings. The molecule has 6 heteroatoms. The fraction of sp³-hybridized carbons (Fsp3) is 0.0714. The van der Waals surface area contributed by atoms with Crippen LogP contribution in [0.5, 0.6) is 0 Å². The van der Waals surface area contributed by atoms with Gasteiger partial charge in [-0.15, -0.1) is 0 Å². The van der Waals surface area contributed by atoms with Gasteiger partial charge in [-0.1, -0.05) is 142 Å². The molecule has 0 fully saturated rings. The van der Waals surface area contributed by atoms with E-state index in [1.807, 2.05) is 78.9 Å². The number of benzene rings is 8. The number of hydrogen-bond acceptors (Lipinski definition) is 5. The van der Waals surface area contributed by atoms with E-state index in [0.717, 1.165) is 88.4 Å². The third-order valence-electron chi connectivity index (χ3n) is 11.8. The monoisotopic (exact) mass is 797 g/mol. The molecule has 0 N–H and O–H groups in total. The summed E-state index contributed by atoms with van der Waals surface area (Å²) in [4.78, 5) is 15.6. The van der Waals surface area contributed by atoms with Crippen molar-refractivity contribution in [2.45, 2.75) is 26.2 Å². The van der Waals surface area contributed by atoms with Crippen LogP contribution in [-0.4, -0.2) is 19.5 Å². The zero-order valence-electron chi connectivity index (χ0n) is 34.5. The standard InChI is InChI=1S/C56H39N5O/c1-56(2,3)41-25-28-49-47(33-41)46-29-35(34-57)23-27-48(46)61(49)52-44(36-15-7-4-8-16-36)30-40(31-45(52)37-17-9-5-10-18-37)55-59-53(38-19-11-6-12-20-38)58-54(60-55)39-24-26-43-42-21-13-14-22-50(42)62-51(43)32-39/h4-33H,1-3H3. The maximum absolute atomic E-state index is 10.1. The molecule has 0 aliphatic carbocycles. The summed E-state index contributed by atoms with van der Waals surface area (Å²) in [6, 6.07) is 65.1. The van der Waals surface area contributed by atoms with Crippen molar-refractivity contribution in [1.82, 2.24) is 19.5 Å². The number of nitriles is 1. The molecule has 0 bridgehead atoms. The van der Waals surface area contributed by atoms with Crippen LogP contribution in [0.2, 0.25) is 0 Å². The maximum Gasteiger partial charge on any atom is 0.164 e. The molecule has 62 heavy (non-hydrogen) atoms. The number of furan rings is 1. The highest BCUT2D eigenvalue weighted by Crippen LogP contribution is 2.45. The second kappa shape index (κ2) is 14.5. The Labute approximate surface area is 359 Å². The summed E-state index contributed by atoms with van der Waals surface area (Å²) in [5.74, 6) is 1.68. The molecule has 11 rings (SSSR count). The number of para-hydroxylation sites is 1. The summed E-state index contributed by atoms with van der Waals surface area (Å²) < 4.78 is 8.71. The molecule has 0 amide bonds. The van der Waals surface area contributed by atoms with E-state index in [2.05, 4.69) is 135 Å². The lowest BCUT2D eigenvalue weighted by Gasteiger charge is -2.22. The third-order valence-corrected chi connectivity index (χ3v) is 11.8. The van der Waals surface area contributed by atoms with Gasteiger partial charge in [0.2, 0.25) is 0 Å². The Morgan fingerprint density at radius 2 is 0.984 bits per heavy atom. The second-order valence-electron chi connectivity index (χ2n) is 16.8. The van der Waals surface area contributed by atoms with E-state index in [9.17, 15) is 5.26 Å². The van der Waals surface area contributed by atoms with Crippen LogP contribution in [0.15, 0.2) is 186 Å². The average Bonchev–Trinajstić information content (AvgIpc) is 3.86. The molecule has 294 valence electrons. The molecule has 6 nitrogen and oxygen atoms in total. The number of nitrogens with zero attached hydrogens (tertiary/aromatic N) is 5. The molecule has 0 aliphatic heterocycles. The van der Waals surface area contributed by atoms with E-state index in [0.29, 0.717) is 23.0 Å². The Kier molecular flexibility index (Phi) is 8.66. The fourth-order valence-corrected chi connectivity index (χ4v) is 8.70. The maximum atomic E-state index is 10.1. The summed E-state index contributed by atoms with van der Waals surface area (Å²) >= 11 is 0. The Morgan fingerprint density at radius 3 is 1.61 bits per heavy atom. The highest BCUT2D eigenvalue weighted by atomic mass is 16.3. The molecule has 11 aromatic rings. The zero-order chi connectivity index (χ0) is 42.0. The van der Waals surface area contributed by atoms with Crippen molar-refractivity contribution in [1.29, 1.82) is 5.26 Å². The van der Waals surface area contributed by atoms with Crippen LogP contribution < -0.4 is 0 Å². The Morgan fingerprint density at radius 1 is 0.452 bits per heavy atom. The predicted molar refractivity (Wildman–Crippen MR) is 252 cm³/mol. The highest BCUT2D eigenvalue weighted by molar-refractivity contribution is 6.11. The van der Waals surface area contributed by atoms with E-state index in [-0.39, 0.29) is 5.41 Å². The third kappa shape index (κ3) is 6.31. The molecule has 8 aromatic carbocycles. The van der Waals surface area contributed by atoms with Crippen LogP contribution in [0.3, 0.4) is 0 Å². The molecular formula is C56H39N5O. The van der Waals surface area contributed by atoms with Crippen LogP contribution >= 0.6 is 0 Å². The molecular weight excluding hydrogens is 759 g/mol. The van der Waals surface area contributed by atoms with Gasteiger partial charge in [0.15, 0.2) is 17.5 Å². The van der Waals surface area contributed by atoms with E-state index in [1.54, 1.807) is 0 Å². The SMILES string of the molecule is CC(C)(C)c1ccc2c(c1)c1cc(C#N)ccc1n2-c1c(-c2ccccc2)cc(-c2nc(-c3ccccc3)nc(-c3ccc4c(c3)oc3ccccc34)n2)cc1-c1ccccc1. The largest absolute Gasteiger partial charge is 0.456 e. The first kappa shape index (κ1) is 36.9. The van der Waals surface area contributed by atoms with E-state index >= 15 is 0 Å². The molecule has 3 heterocycles. The molecule has 0 radical (unpaired) electrons. The summed E-state index contributed by atoms with van der Waals surface area (Å²) in [5.41, 5.74) is 13.2. The van der Waals surface area contributed by atoms with Gasteiger partial charge in [-0.2, -0.15) is 5.26 Å². The molecule has 0 spiro atoms. The summed E-state index contributed by atoms with van der Waals surface area (Å²) in [6.45, 7) is 6.71. The molecule has 3 aromatic heterocycles. The predicted octanol–water partition coefficient (Wildman–Crippen LogP) is 14.4. The summed E-state index contributed by atoms with van der Waals surface area (Å²) in [5, 5.41) is 14.3. The van der Waals surface area contributed by atoms with Crippen molar-refractivity contribution in [2.75, 3.05) is 0 Å². The lowest BCUT2D eigenvalue weighted by Crippen LogP contribution is -2.10. The number of aromatic nitrogens is 4. The van der Waals surface area contributed by atoms with Gasteiger partial charge in [0.25, 0.3) is 0 Å². The summed E-state index contributed by atoms with van der Waals surface area (Å²) in [7, 11) is 0. The first-order valence-corrected chi connectivity index (χ1v) is 20.8. The van der Waals surface area contributed by atoms with Gasteiger partial charge >= 0.3 is 0 Å². The fourth-order valence-electron chi connectivity index (χ4n) is 8.70. The van der Waals surface area contributed by atoms with Gasteiger partial charge in [-0.25, -0.2) is 15.0 Å². The normalized spacial score (nSPS) is 11.8. The minimum absolute atomic E-state index is 0.0681. The number of rotatable bonds is 6. The van der Waals surface area contributed by atoms with Crippen LogP contribution in [0.25, 0.3) is 106 Å². The van der Waals surface area contributed by atoms with E-state index in [4.69, 9.17) is 19.4 Å². The first-order valence-electron chi connectivity index (χ1n) is 20.8. The highest BCUT2D eigenvalue weighted by Gasteiger charge is 2.25. The number of hydrogen-bond donors (Lipinski definition) is 0. The lowest BCUT2D eigenvalue weighted by molar-refractivity contribution is 0.591. The molecule has 0 atom stereocenters. The van der Waals surface area contributed by atoms with Gasteiger partial charge in [0, 0.05) is 49.4 Å². The minimum atomic E-state index is -0.0681. The van der Waals surface area contributed by atoms with Gasteiger partial charge in [-0.05, 0) is 82.8 Å². The van der Waals surface area contributed by atoms with Crippen LogP contribution in [-0.2, 0) is 5.41 Å². The van der Waals surface area contributed by atoms with Crippen molar-refractivity contribution in [3.8, 4) is 68.2 Å². The summed E-state index contributed by atoms with van der Waals surface area (Å²) in [6.07, 6.45) is 0. The topological polar surface area (TPSA) is 80.5 Å². The van der Waals surface area contributed by atoms with Crippen LogP contribution in [0, 0.1) is 11.3 Å².